The summed E-state index contributed by atoms with van der Waals surface area (Å²) in [7, 11) is 4.90. The number of hydrogen-bond acceptors (Lipinski definition) is 7. The van der Waals surface area contributed by atoms with Crippen molar-refractivity contribution in [3.05, 3.63) is 42.1 Å². The first-order valence-corrected chi connectivity index (χ1v) is 10.1. The molecule has 0 N–H and O–H groups in total. The van der Waals surface area contributed by atoms with E-state index in [9.17, 15) is 28.8 Å². The smallest absolute Gasteiger partial charge is 0.273 e. The van der Waals surface area contributed by atoms with Crippen LogP contribution in [0.2, 0.25) is 0 Å². The molecule has 0 radical (unpaired) electrons. The predicted molar refractivity (Wildman–Crippen MR) is 113 cm³/mol. The number of urea groups is 2. The Labute approximate surface area is 188 Å². The lowest BCUT2D eigenvalue weighted by Crippen LogP contribution is -2.63. The molecule has 2 saturated heterocycles. The van der Waals surface area contributed by atoms with E-state index < -0.39 is 53.4 Å². The standard InChI is InChI=1S/C22H21N5O6/c1-24-17(28)15(18(29)25(2)21(24)32)14(12-9-11-7-5-6-8-13(11)23-10-12)16-19(30)26(3)22(33)27(4)20(16)31/h5-10,14-16H,1-4H3. The largest absolute Gasteiger partial charge is 0.332 e. The fourth-order valence-electron chi connectivity index (χ4n) is 4.33. The second-order valence-corrected chi connectivity index (χ2v) is 8.10. The molecule has 1 aromatic carbocycles. The van der Waals surface area contributed by atoms with Gasteiger partial charge in [-0.15, -0.1) is 0 Å². The van der Waals surface area contributed by atoms with Crippen LogP contribution in [0.4, 0.5) is 9.59 Å². The SMILES string of the molecule is CN1C(=O)C(C(c2cnc3ccccc3c2)C2C(=O)N(C)C(=O)N(C)C2=O)C(=O)N(C)C1=O. The van der Waals surface area contributed by atoms with Gasteiger partial charge in [0.2, 0.25) is 23.6 Å². The Morgan fingerprint density at radius 3 is 1.58 bits per heavy atom. The van der Waals surface area contributed by atoms with Crippen molar-refractivity contribution in [2.24, 2.45) is 11.8 Å². The number of amides is 8. The lowest BCUT2D eigenvalue weighted by atomic mass is 9.73. The van der Waals surface area contributed by atoms with Gasteiger partial charge in [0.1, 0.15) is 11.8 Å². The second-order valence-electron chi connectivity index (χ2n) is 8.10. The zero-order valence-electron chi connectivity index (χ0n) is 18.4. The van der Waals surface area contributed by atoms with E-state index in [1.807, 2.05) is 0 Å². The Kier molecular flexibility index (Phi) is 5.19. The molecule has 0 atom stereocenters. The maximum Gasteiger partial charge on any atom is 0.332 e. The normalized spacial score (nSPS) is 19.1. The van der Waals surface area contributed by atoms with Gasteiger partial charge in [0.25, 0.3) is 0 Å². The summed E-state index contributed by atoms with van der Waals surface area (Å²) in [6.07, 6.45) is 1.40. The van der Waals surface area contributed by atoms with Crippen LogP contribution in [0.25, 0.3) is 10.9 Å². The van der Waals surface area contributed by atoms with Crippen LogP contribution in [0.15, 0.2) is 36.5 Å². The van der Waals surface area contributed by atoms with Crippen molar-refractivity contribution in [2.45, 2.75) is 5.92 Å². The number of nitrogens with zero attached hydrogens (tertiary/aromatic N) is 5. The number of imide groups is 4. The van der Waals surface area contributed by atoms with Gasteiger partial charge in [0.15, 0.2) is 0 Å². The molecule has 4 rings (SSSR count). The highest BCUT2D eigenvalue weighted by Crippen LogP contribution is 2.40. The van der Waals surface area contributed by atoms with Gasteiger partial charge in [-0.05, 0) is 17.7 Å². The van der Waals surface area contributed by atoms with E-state index in [0.29, 0.717) is 16.5 Å². The first-order chi connectivity index (χ1) is 15.6. The van der Waals surface area contributed by atoms with Crippen LogP contribution in [0.3, 0.4) is 0 Å². The molecule has 1 aromatic heterocycles. The molecule has 2 fully saturated rings. The third-order valence-electron chi connectivity index (χ3n) is 6.25. The highest BCUT2D eigenvalue weighted by atomic mass is 16.2. The summed E-state index contributed by atoms with van der Waals surface area (Å²) in [6.45, 7) is 0. The minimum atomic E-state index is -1.55. The predicted octanol–water partition coefficient (Wildman–Crippen LogP) is 0.652. The van der Waals surface area contributed by atoms with Crippen LogP contribution < -0.4 is 0 Å². The van der Waals surface area contributed by atoms with Crippen LogP contribution in [-0.2, 0) is 19.2 Å². The summed E-state index contributed by atoms with van der Waals surface area (Å²) in [6, 6.07) is 7.12. The number of aromatic nitrogens is 1. The molecule has 2 aromatic rings. The lowest BCUT2D eigenvalue weighted by molar-refractivity contribution is -0.154. The van der Waals surface area contributed by atoms with Gasteiger partial charge in [-0.2, -0.15) is 0 Å². The van der Waals surface area contributed by atoms with Gasteiger partial charge in [0.05, 0.1) is 5.52 Å². The van der Waals surface area contributed by atoms with Crippen molar-refractivity contribution in [3.8, 4) is 0 Å². The zero-order valence-corrected chi connectivity index (χ0v) is 18.4. The topological polar surface area (TPSA) is 128 Å². The third kappa shape index (κ3) is 3.23. The van der Waals surface area contributed by atoms with E-state index in [-0.39, 0.29) is 0 Å². The molecule has 0 aliphatic carbocycles. The molecule has 3 heterocycles. The van der Waals surface area contributed by atoms with E-state index in [1.54, 1.807) is 30.3 Å². The molecule has 0 unspecified atom stereocenters. The van der Waals surface area contributed by atoms with E-state index in [0.717, 1.165) is 19.6 Å². The number of barbiturate groups is 2. The molecule has 8 amide bonds. The fraction of sp³-hybridized carbons (Fsp3) is 0.318. The Morgan fingerprint density at radius 2 is 1.12 bits per heavy atom. The average molecular weight is 451 g/mol. The van der Waals surface area contributed by atoms with Gasteiger partial charge < -0.3 is 0 Å². The molecule has 0 saturated carbocycles. The van der Waals surface area contributed by atoms with E-state index >= 15 is 0 Å². The monoisotopic (exact) mass is 451 g/mol. The number of carbonyl (C=O) groups is 6. The lowest BCUT2D eigenvalue weighted by Gasteiger charge is -2.41. The van der Waals surface area contributed by atoms with Gasteiger partial charge in [-0.25, -0.2) is 9.59 Å². The number of fused-ring (bicyclic) bond motifs is 1. The molecule has 2 aliphatic heterocycles. The summed E-state index contributed by atoms with van der Waals surface area (Å²) < 4.78 is 0. The molecular formula is C22H21N5O6. The summed E-state index contributed by atoms with van der Waals surface area (Å²) >= 11 is 0. The minimum Gasteiger partial charge on any atom is -0.273 e. The third-order valence-corrected chi connectivity index (χ3v) is 6.25. The molecule has 170 valence electrons. The Balaban J connectivity index is 1.94. The molecule has 0 bridgehead atoms. The number of pyridine rings is 1. The molecule has 11 nitrogen and oxygen atoms in total. The van der Waals surface area contributed by atoms with E-state index in [2.05, 4.69) is 4.98 Å². The summed E-state index contributed by atoms with van der Waals surface area (Å²) in [5.74, 6) is -7.76. The van der Waals surface area contributed by atoms with Gasteiger partial charge >= 0.3 is 12.1 Å². The van der Waals surface area contributed by atoms with E-state index in [1.165, 1.54) is 34.4 Å². The Morgan fingerprint density at radius 1 is 0.697 bits per heavy atom. The minimum absolute atomic E-state index is 0.291. The van der Waals surface area contributed by atoms with Crippen molar-refractivity contribution in [2.75, 3.05) is 28.2 Å². The fourth-order valence-corrected chi connectivity index (χ4v) is 4.33. The average Bonchev–Trinajstić information content (AvgIpc) is 2.82. The molecule has 2 aliphatic rings. The number of carbonyl (C=O) groups excluding carboxylic acids is 6. The number of benzene rings is 1. The van der Waals surface area contributed by atoms with Crippen LogP contribution in [-0.4, -0.2) is 88.5 Å². The molecule has 33 heavy (non-hydrogen) atoms. The number of hydrogen-bond donors (Lipinski definition) is 0. The zero-order chi connectivity index (χ0) is 24.2. The highest BCUT2D eigenvalue weighted by molar-refractivity contribution is 6.20. The van der Waals surface area contributed by atoms with Crippen LogP contribution in [0.1, 0.15) is 11.5 Å². The van der Waals surface area contributed by atoms with Gasteiger partial charge in [-0.3, -0.25) is 43.8 Å². The number of para-hydroxylation sites is 1. The van der Waals surface area contributed by atoms with Crippen LogP contribution in [0, 0.1) is 11.8 Å². The maximum absolute atomic E-state index is 13.2. The van der Waals surface area contributed by atoms with Crippen LogP contribution >= 0.6 is 0 Å². The van der Waals surface area contributed by atoms with Crippen molar-refractivity contribution in [1.29, 1.82) is 0 Å². The summed E-state index contributed by atoms with van der Waals surface area (Å²) in [5, 5.41) is 0.669. The van der Waals surface area contributed by atoms with Crippen molar-refractivity contribution >= 4 is 46.6 Å². The van der Waals surface area contributed by atoms with Gasteiger partial charge in [0, 0.05) is 45.7 Å². The Hall–Kier alpha value is -4.15. The molecule has 11 heteroatoms. The maximum atomic E-state index is 13.2. The number of rotatable bonds is 3. The summed E-state index contributed by atoms with van der Waals surface area (Å²) in [4.78, 5) is 84.7. The van der Waals surface area contributed by atoms with Crippen LogP contribution in [0.5, 0.6) is 0 Å². The summed E-state index contributed by atoms with van der Waals surface area (Å²) in [5.41, 5.74) is 0.927. The Bertz CT molecular complexity index is 1140. The van der Waals surface area contributed by atoms with E-state index in [4.69, 9.17) is 0 Å². The van der Waals surface area contributed by atoms with Gasteiger partial charge in [-0.1, -0.05) is 18.2 Å². The van der Waals surface area contributed by atoms with Crippen molar-refractivity contribution in [3.63, 3.8) is 0 Å². The second kappa shape index (κ2) is 7.76. The van der Waals surface area contributed by atoms with Crippen molar-refractivity contribution < 1.29 is 28.8 Å². The quantitative estimate of drug-likeness (QED) is 0.627. The first kappa shape index (κ1) is 22.1. The first-order valence-electron chi connectivity index (χ1n) is 10.1. The highest BCUT2D eigenvalue weighted by Gasteiger charge is 2.56. The molecule has 0 spiro atoms. The molecular weight excluding hydrogens is 430 g/mol. The van der Waals surface area contributed by atoms with Crippen molar-refractivity contribution in [1.82, 2.24) is 24.6 Å².